The molecule has 0 spiro atoms. The summed E-state index contributed by atoms with van der Waals surface area (Å²) in [4.78, 5) is 35.0. The van der Waals surface area contributed by atoms with E-state index in [2.05, 4.69) is 19.2 Å². The molecule has 0 bridgehead atoms. The van der Waals surface area contributed by atoms with Crippen molar-refractivity contribution in [3.8, 4) is 0 Å². The Morgan fingerprint density at radius 1 is 0.449 bits per heavy atom. The smallest absolute Gasteiger partial charge is 0.322 e. The lowest BCUT2D eigenvalue weighted by Gasteiger charge is -2.18. The molecule has 6 heteroatoms. The van der Waals surface area contributed by atoms with Crippen LogP contribution in [0, 0.1) is 0 Å². The van der Waals surface area contributed by atoms with E-state index < -0.39 is 5.97 Å². The van der Waals surface area contributed by atoms with E-state index in [0.717, 1.165) is 64.2 Å². The van der Waals surface area contributed by atoms with Crippen LogP contribution < -0.4 is 5.32 Å². The lowest BCUT2D eigenvalue weighted by atomic mass is 10.0. The maximum atomic E-state index is 12.7. The minimum atomic E-state index is -1.01. The first-order chi connectivity index (χ1) is 24.0. The lowest BCUT2D eigenvalue weighted by Crippen LogP contribution is -2.28. The third-order valence-corrected chi connectivity index (χ3v) is 10.0. The largest absolute Gasteiger partial charge is 0.480 e. The van der Waals surface area contributed by atoms with Crippen molar-refractivity contribution in [3.63, 3.8) is 0 Å². The van der Waals surface area contributed by atoms with E-state index in [1.165, 1.54) is 154 Å². The SMILES string of the molecule is CCCCCCCCCCCCCCCCCCCC(=O)OC(CCCCCCCCCCCC)CCCCCCCC(=O)NCC(=O)O. The van der Waals surface area contributed by atoms with Gasteiger partial charge in [0.25, 0.3) is 0 Å². The Labute approximate surface area is 304 Å². The van der Waals surface area contributed by atoms with E-state index in [1.807, 2.05) is 0 Å². The number of carbonyl (C=O) groups excluding carboxylic acids is 2. The molecule has 1 unspecified atom stereocenters. The van der Waals surface area contributed by atoms with Crippen LogP contribution in [0.2, 0.25) is 0 Å². The summed E-state index contributed by atoms with van der Waals surface area (Å²) in [6, 6.07) is 0. The molecule has 1 amide bonds. The average molecular weight is 694 g/mol. The highest BCUT2D eigenvalue weighted by molar-refractivity contribution is 5.80. The summed E-state index contributed by atoms with van der Waals surface area (Å²) in [6.07, 6.45) is 43.7. The molecule has 0 fully saturated rings. The van der Waals surface area contributed by atoms with E-state index in [1.54, 1.807) is 0 Å². The van der Waals surface area contributed by atoms with Gasteiger partial charge in [-0.1, -0.05) is 194 Å². The maximum absolute atomic E-state index is 12.7. The molecule has 0 aliphatic carbocycles. The van der Waals surface area contributed by atoms with Crippen LogP contribution in [0.5, 0.6) is 0 Å². The van der Waals surface area contributed by atoms with Gasteiger partial charge in [-0.25, -0.2) is 0 Å². The van der Waals surface area contributed by atoms with E-state index in [4.69, 9.17) is 9.84 Å². The summed E-state index contributed by atoms with van der Waals surface area (Å²) >= 11 is 0. The van der Waals surface area contributed by atoms with E-state index in [9.17, 15) is 14.4 Å². The molecule has 0 radical (unpaired) electrons. The number of hydrogen-bond donors (Lipinski definition) is 2. The highest BCUT2D eigenvalue weighted by Crippen LogP contribution is 2.19. The van der Waals surface area contributed by atoms with Gasteiger partial charge in [0.05, 0.1) is 0 Å². The summed E-state index contributed by atoms with van der Waals surface area (Å²) < 4.78 is 6.03. The Morgan fingerprint density at radius 2 is 0.755 bits per heavy atom. The van der Waals surface area contributed by atoms with Gasteiger partial charge in [0.15, 0.2) is 0 Å². The minimum Gasteiger partial charge on any atom is -0.480 e. The number of ether oxygens (including phenoxy) is 1. The summed E-state index contributed by atoms with van der Waals surface area (Å²) in [5.74, 6) is -1.21. The second-order valence-electron chi connectivity index (χ2n) is 15.0. The minimum absolute atomic E-state index is 0.00888. The van der Waals surface area contributed by atoms with Gasteiger partial charge in [-0.05, 0) is 38.5 Å². The van der Waals surface area contributed by atoms with Crippen LogP contribution in [0.25, 0.3) is 0 Å². The zero-order valence-electron chi connectivity index (χ0n) is 32.8. The van der Waals surface area contributed by atoms with Crippen molar-refractivity contribution >= 4 is 17.8 Å². The second kappa shape index (κ2) is 39.2. The molecule has 1 atom stereocenters. The Morgan fingerprint density at radius 3 is 1.10 bits per heavy atom. The van der Waals surface area contributed by atoms with Crippen molar-refractivity contribution in [3.05, 3.63) is 0 Å². The van der Waals surface area contributed by atoms with E-state index >= 15 is 0 Å². The Hall–Kier alpha value is -1.59. The number of rotatable bonds is 40. The topological polar surface area (TPSA) is 92.7 Å². The highest BCUT2D eigenvalue weighted by atomic mass is 16.5. The first-order valence-electron chi connectivity index (χ1n) is 21.7. The van der Waals surface area contributed by atoms with Crippen molar-refractivity contribution in [2.75, 3.05) is 6.54 Å². The standard InChI is InChI=1S/C43H83NO5/c1-3-5-7-9-11-13-15-16-17-18-19-20-21-23-25-30-34-38-43(48)49-40(35-31-27-24-22-14-12-10-8-6-4-2)36-32-28-26-29-33-37-41(45)44-39-42(46)47/h40H,3-39H2,1-2H3,(H,44,45)(H,46,47). The fraction of sp³-hybridized carbons (Fsp3) is 0.930. The number of aliphatic carboxylic acids is 1. The van der Waals surface area contributed by atoms with Crippen molar-refractivity contribution in [2.45, 2.75) is 251 Å². The van der Waals surface area contributed by atoms with Crippen LogP contribution in [0.1, 0.15) is 245 Å². The molecule has 0 saturated heterocycles. The summed E-state index contributed by atoms with van der Waals surface area (Å²) in [6.45, 7) is 4.24. The predicted octanol–water partition coefficient (Wildman–Crippen LogP) is 13.2. The summed E-state index contributed by atoms with van der Waals surface area (Å²) in [7, 11) is 0. The molecule has 6 nitrogen and oxygen atoms in total. The number of carbonyl (C=O) groups is 3. The number of amides is 1. The van der Waals surface area contributed by atoms with Gasteiger partial charge in [0.2, 0.25) is 5.91 Å². The molecule has 0 aromatic rings. The number of esters is 1. The predicted molar refractivity (Wildman–Crippen MR) is 208 cm³/mol. The fourth-order valence-corrected chi connectivity index (χ4v) is 6.81. The molecular formula is C43H83NO5. The average Bonchev–Trinajstić information content (AvgIpc) is 3.08. The Kier molecular flexibility index (Phi) is 37.9. The van der Waals surface area contributed by atoms with Crippen molar-refractivity contribution in [1.29, 1.82) is 0 Å². The zero-order chi connectivity index (χ0) is 35.9. The van der Waals surface area contributed by atoms with Gasteiger partial charge >= 0.3 is 11.9 Å². The molecule has 0 heterocycles. The van der Waals surface area contributed by atoms with Crippen LogP contribution in [0.4, 0.5) is 0 Å². The Balaban J connectivity index is 4.04. The first kappa shape index (κ1) is 47.4. The third-order valence-electron chi connectivity index (χ3n) is 10.0. The molecule has 290 valence electrons. The maximum Gasteiger partial charge on any atom is 0.322 e. The Bertz CT molecular complexity index is 727. The zero-order valence-corrected chi connectivity index (χ0v) is 32.8. The van der Waals surface area contributed by atoms with Crippen LogP contribution in [0.15, 0.2) is 0 Å². The molecule has 49 heavy (non-hydrogen) atoms. The molecular weight excluding hydrogens is 610 g/mol. The summed E-state index contributed by atoms with van der Waals surface area (Å²) in [5.41, 5.74) is 0. The molecule has 0 aliphatic rings. The molecule has 0 aromatic carbocycles. The third kappa shape index (κ3) is 39.1. The number of unbranched alkanes of at least 4 members (excludes halogenated alkanes) is 29. The molecule has 0 aromatic heterocycles. The number of carboxylic acids is 1. The van der Waals surface area contributed by atoms with Gasteiger partial charge in [-0.2, -0.15) is 0 Å². The van der Waals surface area contributed by atoms with Crippen LogP contribution in [-0.2, 0) is 19.1 Å². The first-order valence-corrected chi connectivity index (χ1v) is 21.7. The lowest BCUT2D eigenvalue weighted by molar-refractivity contribution is -0.150. The highest BCUT2D eigenvalue weighted by Gasteiger charge is 2.14. The molecule has 2 N–H and O–H groups in total. The van der Waals surface area contributed by atoms with Gasteiger partial charge in [-0.3, -0.25) is 14.4 Å². The number of hydrogen-bond acceptors (Lipinski definition) is 4. The van der Waals surface area contributed by atoms with Crippen molar-refractivity contribution < 1.29 is 24.2 Å². The number of carboxylic acid groups (broad SMARTS) is 1. The number of nitrogens with one attached hydrogen (secondary N) is 1. The van der Waals surface area contributed by atoms with Crippen molar-refractivity contribution in [2.24, 2.45) is 0 Å². The van der Waals surface area contributed by atoms with Gasteiger partial charge in [-0.15, -0.1) is 0 Å². The summed E-state index contributed by atoms with van der Waals surface area (Å²) in [5, 5.41) is 11.1. The monoisotopic (exact) mass is 694 g/mol. The van der Waals surface area contributed by atoms with Crippen molar-refractivity contribution in [1.82, 2.24) is 5.32 Å². The fourth-order valence-electron chi connectivity index (χ4n) is 6.81. The van der Waals surface area contributed by atoms with E-state index in [0.29, 0.717) is 12.8 Å². The molecule has 0 saturated carbocycles. The second-order valence-corrected chi connectivity index (χ2v) is 15.0. The van der Waals surface area contributed by atoms with Crippen LogP contribution >= 0.6 is 0 Å². The van der Waals surface area contributed by atoms with Crippen LogP contribution in [-0.4, -0.2) is 35.6 Å². The van der Waals surface area contributed by atoms with Crippen LogP contribution in [0.3, 0.4) is 0 Å². The normalized spacial score (nSPS) is 11.9. The molecule has 0 aliphatic heterocycles. The van der Waals surface area contributed by atoms with E-state index in [-0.39, 0.29) is 24.5 Å². The van der Waals surface area contributed by atoms with Gasteiger partial charge in [0.1, 0.15) is 12.6 Å². The quantitative estimate of drug-likeness (QED) is 0.0492. The van der Waals surface area contributed by atoms with Gasteiger partial charge < -0.3 is 15.2 Å². The van der Waals surface area contributed by atoms with Gasteiger partial charge in [0, 0.05) is 12.8 Å². The molecule has 0 rings (SSSR count).